The van der Waals surface area contributed by atoms with E-state index in [1.807, 2.05) is 6.07 Å². The van der Waals surface area contributed by atoms with Crippen LogP contribution in [0.2, 0.25) is 0 Å². The van der Waals surface area contributed by atoms with Gasteiger partial charge < -0.3 is 10.4 Å². The number of rotatable bonds is 2. The number of hydrogen-bond acceptors (Lipinski definition) is 2. The summed E-state index contributed by atoms with van der Waals surface area (Å²) >= 11 is 0. The van der Waals surface area contributed by atoms with Crippen LogP contribution in [0, 0.1) is 11.8 Å². The molecule has 1 aromatic carbocycles. The van der Waals surface area contributed by atoms with Gasteiger partial charge in [-0.25, -0.2) is 0 Å². The Hall–Kier alpha value is -1.28. The standard InChI is InChI=1S/C19H25NO/c1-2-4-13-5-3-8-19-9-10-20-17(18(13)19)11-14-6-7-15(21)12-16(14)19/h2,6-7,12-13,17-18,20-21H,1,3-5,8-11H2. The predicted octanol–water partition coefficient (Wildman–Crippen LogP) is 3.54. The fraction of sp³-hybridized carbons (Fsp3) is 0.579. The molecule has 21 heavy (non-hydrogen) atoms. The molecule has 4 unspecified atom stereocenters. The van der Waals surface area contributed by atoms with Gasteiger partial charge in [0.05, 0.1) is 0 Å². The average Bonchev–Trinajstić information content (AvgIpc) is 2.48. The van der Waals surface area contributed by atoms with Crippen LogP contribution in [0.3, 0.4) is 0 Å². The third-order valence-electron chi connectivity index (χ3n) is 6.29. The van der Waals surface area contributed by atoms with Gasteiger partial charge in [0, 0.05) is 11.5 Å². The van der Waals surface area contributed by atoms with Crippen molar-refractivity contribution >= 4 is 0 Å². The Morgan fingerprint density at radius 1 is 1.38 bits per heavy atom. The van der Waals surface area contributed by atoms with Crippen LogP contribution in [0.15, 0.2) is 30.9 Å². The second kappa shape index (κ2) is 4.88. The highest BCUT2D eigenvalue weighted by atomic mass is 16.3. The van der Waals surface area contributed by atoms with Crippen LogP contribution >= 0.6 is 0 Å². The van der Waals surface area contributed by atoms with Gasteiger partial charge in [0.1, 0.15) is 5.75 Å². The van der Waals surface area contributed by atoms with Gasteiger partial charge in [-0.15, -0.1) is 6.58 Å². The highest BCUT2D eigenvalue weighted by Crippen LogP contribution is 2.56. The Morgan fingerprint density at radius 2 is 2.29 bits per heavy atom. The molecule has 1 heterocycles. The first-order chi connectivity index (χ1) is 10.2. The number of phenols is 1. The van der Waals surface area contributed by atoms with E-state index in [1.54, 1.807) is 0 Å². The molecule has 1 saturated heterocycles. The summed E-state index contributed by atoms with van der Waals surface area (Å²) in [4.78, 5) is 0. The monoisotopic (exact) mass is 283 g/mol. The summed E-state index contributed by atoms with van der Waals surface area (Å²) in [6, 6.07) is 6.69. The van der Waals surface area contributed by atoms with Crippen LogP contribution in [-0.2, 0) is 11.8 Å². The smallest absolute Gasteiger partial charge is 0.115 e. The molecule has 112 valence electrons. The summed E-state index contributed by atoms with van der Waals surface area (Å²) in [7, 11) is 0. The summed E-state index contributed by atoms with van der Waals surface area (Å²) in [5, 5.41) is 13.8. The van der Waals surface area contributed by atoms with Gasteiger partial charge >= 0.3 is 0 Å². The molecular weight excluding hydrogens is 258 g/mol. The van der Waals surface area contributed by atoms with Crippen LogP contribution < -0.4 is 5.32 Å². The van der Waals surface area contributed by atoms with E-state index in [1.165, 1.54) is 36.8 Å². The minimum atomic E-state index is 0.300. The van der Waals surface area contributed by atoms with Crippen molar-refractivity contribution in [2.45, 2.75) is 50.0 Å². The Balaban J connectivity index is 1.86. The topological polar surface area (TPSA) is 32.3 Å². The van der Waals surface area contributed by atoms with Crippen LogP contribution in [0.4, 0.5) is 0 Å². The van der Waals surface area contributed by atoms with Gasteiger partial charge in [-0.1, -0.05) is 18.6 Å². The van der Waals surface area contributed by atoms with Crippen molar-refractivity contribution in [3.8, 4) is 5.75 Å². The number of piperidine rings is 1. The first-order valence-corrected chi connectivity index (χ1v) is 8.41. The summed E-state index contributed by atoms with van der Waals surface area (Å²) in [6.45, 7) is 5.10. The largest absolute Gasteiger partial charge is 0.508 e. The first-order valence-electron chi connectivity index (χ1n) is 8.41. The summed E-state index contributed by atoms with van der Waals surface area (Å²) in [5.74, 6) is 1.90. The Labute approximate surface area is 127 Å². The maximum atomic E-state index is 10.0. The van der Waals surface area contributed by atoms with Crippen LogP contribution in [0.1, 0.15) is 43.2 Å². The highest BCUT2D eigenvalue weighted by molar-refractivity contribution is 5.45. The lowest BCUT2D eigenvalue weighted by Crippen LogP contribution is -2.62. The molecule has 2 aliphatic carbocycles. The molecule has 0 spiro atoms. The van der Waals surface area contributed by atoms with E-state index in [0.717, 1.165) is 25.3 Å². The Bertz CT molecular complexity index is 563. The number of nitrogens with one attached hydrogen (secondary N) is 1. The van der Waals surface area contributed by atoms with Crippen LogP contribution in [0.25, 0.3) is 0 Å². The molecule has 4 rings (SSSR count). The van der Waals surface area contributed by atoms with E-state index < -0.39 is 0 Å². The van der Waals surface area contributed by atoms with E-state index in [4.69, 9.17) is 0 Å². The molecule has 2 heteroatoms. The lowest BCUT2D eigenvalue weighted by atomic mass is 9.49. The zero-order chi connectivity index (χ0) is 14.4. The van der Waals surface area contributed by atoms with Crippen molar-refractivity contribution in [1.82, 2.24) is 5.32 Å². The molecule has 1 aromatic rings. The zero-order valence-corrected chi connectivity index (χ0v) is 12.6. The molecule has 2 bridgehead atoms. The molecule has 2 N–H and O–H groups in total. The van der Waals surface area contributed by atoms with Crippen molar-refractivity contribution in [3.05, 3.63) is 42.0 Å². The number of phenolic OH excluding ortho intramolecular Hbond substituents is 1. The predicted molar refractivity (Wildman–Crippen MR) is 85.5 cm³/mol. The molecule has 0 amide bonds. The van der Waals surface area contributed by atoms with Gasteiger partial charge in [0.2, 0.25) is 0 Å². The summed E-state index contributed by atoms with van der Waals surface area (Å²) in [5.41, 5.74) is 3.22. The zero-order valence-electron chi connectivity index (χ0n) is 12.6. The quantitative estimate of drug-likeness (QED) is 0.814. The highest BCUT2D eigenvalue weighted by Gasteiger charge is 2.54. The fourth-order valence-corrected chi connectivity index (χ4v) is 5.66. The minimum absolute atomic E-state index is 0.300. The van der Waals surface area contributed by atoms with Crippen molar-refractivity contribution in [1.29, 1.82) is 0 Å². The molecule has 0 aromatic heterocycles. The van der Waals surface area contributed by atoms with Gasteiger partial charge in [-0.05, 0) is 73.7 Å². The van der Waals surface area contributed by atoms with E-state index >= 15 is 0 Å². The molecule has 2 nitrogen and oxygen atoms in total. The summed E-state index contributed by atoms with van der Waals surface area (Å²) in [6.07, 6.45) is 9.53. The van der Waals surface area contributed by atoms with Crippen molar-refractivity contribution in [2.75, 3.05) is 6.54 Å². The molecule has 1 saturated carbocycles. The van der Waals surface area contributed by atoms with E-state index in [9.17, 15) is 5.11 Å². The minimum Gasteiger partial charge on any atom is -0.508 e. The molecule has 3 aliphatic rings. The number of benzene rings is 1. The van der Waals surface area contributed by atoms with Crippen molar-refractivity contribution < 1.29 is 5.11 Å². The van der Waals surface area contributed by atoms with Gasteiger partial charge in [0.15, 0.2) is 0 Å². The average molecular weight is 283 g/mol. The second-order valence-corrected chi connectivity index (χ2v) is 7.21. The number of fused-ring (bicyclic) bond motifs is 1. The number of aromatic hydroxyl groups is 1. The SMILES string of the molecule is C=CCC1CCCC23CCNC(Cc4ccc(O)cc42)C13. The second-order valence-electron chi connectivity index (χ2n) is 7.21. The number of allylic oxidation sites excluding steroid dienone is 1. The molecule has 2 fully saturated rings. The Morgan fingerprint density at radius 3 is 3.14 bits per heavy atom. The summed E-state index contributed by atoms with van der Waals surface area (Å²) < 4.78 is 0. The van der Waals surface area contributed by atoms with E-state index in [0.29, 0.717) is 23.1 Å². The fourth-order valence-electron chi connectivity index (χ4n) is 5.66. The van der Waals surface area contributed by atoms with Crippen molar-refractivity contribution in [3.63, 3.8) is 0 Å². The van der Waals surface area contributed by atoms with Gasteiger partial charge in [-0.2, -0.15) is 0 Å². The maximum absolute atomic E-state index is 10.0. The first kappa shape index (κ1) is 13.4. The lowest BCUT2D eigenvalue weighted by Gasteiger charge is -2.58. The number of hydrogen-bond donors (Lipinski definition) is 2. The van der Waals surface area contributed by atoms with E-state index in [-0.39, 0.29) is 0 Å². The third kappa shape index (κ3) is 1.88. The molecule has 1 aliphatic heterocycles. The Kier molecular flexibility index (Phi) is 3.11. The molecule has 4 atom stereocenters. The van der Waals surface area contributed by atoms with Crippen LogP contribution in [-0.4, -0.2) is 17.7 Å². The van der Waals surface area contributed by atoms with Gasteiger partial charge in [-0.3, -0.25) is 0 Å². The maximum Gasteiger partial charge on any atom is 0.115 e. The van der Waals surface area contributed by atoms with Gasteiger partial charge in [0.25, 0.3) is 0 Å². The third-order valence-corrected chi connectivity index (χ3v) is 6.29. The normalized spacial score (nSPS) is 37.4. The van der Waals surface area contributed by atoms with Crippen molar-refractivity contribution in [2.24, 2.45) is 11.8 Å². The van der Waals surface area contributed by atoms with E-state index in [2.05, 4.69) is 30.1 Å². The lowest BCUT2D eigenvalue weighted by molar-refractivity contribution is 0.0303. The molecular formula is C19H25NO. The van der Waals surface area contributed by atoms with Crippen LogP contribution in [0.5, 0.6) is 5.75 Å². The molecule has 0 radical (unpaired) electrons.